The summed E-state index contributed by atoms with van der Waals surface area (Å²) in [5.74, 6) is 0.387. The van der Waals surface area contributed by atoms with E-state index in [4.69, 9.17) is 41.8 Å². The SMILES string of the molecule is COC(=O)C1=C(C)NC(=O)N[C@H]1c1ccc(OCC(=O)N/N=C\c2ccc(-c3ccc(Cl)c(Cl)c3)o2)c(OC)c1. The van der Waals surface area contributed by atoms with E-state index in [-0.39, 0.29) is 23.7 Å². The molecule has 0 spiro atoms. The van der Waals surface area contributed by atoms with Gasteiger partial charge in [0.05, 0.1) is 42.1 Å². The largest absolute Gasteiger partial charge is 0.493 e. The molecule has 3 aromatic rings. The first kappa shape index (κ1) is 28.5. The number of ether oxygens (including phenoxy) is 3. The van der Waals surface area contributed by atoms with Gasteiger partial charge in [0.2, 0.25) is 0 Å². The summed E-state index contributed by atoms with van der Waals surface area (Å²) in [5.41, 5.74) is 4.26. The van der Waals surface area contributed by atoms with E-state index in [1.165, 1.54) is 20.4 Å². The van der Waals surface area contributed by atoms with Gasteiger partial charge in [-0.05, 0) is 55.0 Å². The van der Waals surface area contributed by atoms with Crippen molar-refractivity contribution in [1.82, 2.24) is 16.1 Å². The van der Waals surface area contributed by atoms with Crippen molar-refractivity contribution in [3.63, 3.8) is 0 Å². The Morgan fingerprint density at radius 1 is 1.07 bits per heavy atom. The lowest BCUT2D eigenvalue weighted by Crippen LogP contribution is -2.45. The molecule has 3 amide bonds. The summed E-state index contributed by atoms with van der Waals surface area (Å²) < 4.78 is 21.6. The summed E-state index contributed by atoms with van der Waals surface area (Å²) in [6.07, 6.45) is 1.34. The number of urea groups is 1. The van der Waals surface area contributed by atoms with Crippen LogP contribution in [0.15, 0.2) is 69.3 Å². The van der Waals surface area contributed by atoms with E-state index in [1.54, 1.807) is 55.5 Å². The Balaban J connectivity index is 1.37. The number of benzene rings is 2. The van der Waals surface area contributed by atoms with Gasteiger partial charge in [-0.1, -0.05) is 29.3 Å². The van der Waals surface area contributed by atoms with Gasteiger partial charge in [0.25, 0.3) is 5.91 Å². The van der Waals surface area contributed by atoms with Gasteiger partial charge in [-0.3, -0.25) is 4.79 Å². The highest BCUT2D eigenvalue weighted by atomic mass is 35.5. The van der Waals surface area contributed by atoms with Gasteiger partial charge in [0.1, 0.15) is 11.5 Å². The minimum atomic E-state index is -0.777. The van der Waals surface area contributed by atoms with Crippen molar-refractivity contribution in [1.29, 1.82) is 0 Å². The van der Waals surface area contributed by atoms with Crippen LogP contribution in [0.2, 0.25) is 10.0 Å². The molecule has 40 heavy (non-hydrogen) atoms. The topological polar surface area (TPSA) is 140 Å². The molecule has 208 valence electrons. The van der Waals surface area contributed by atoms with Crippen LogP contribution < -0.4 is 25.5 Å². The van der Waals surface area contributed by atoms with Crippen LogP contribution in [-0.4, -0.2) is 44.9 Å². The number of hydrazone groups is 1. The number of allylic oxidation sites excluding steroid dienone is 1. The predicted molar refractivity (Wildman–Crippen MR) is 148 cm³/mol. The van der Waals surface area contributed by atoms with Crippen LogP contribution in [0.4, 0.5) is 4.79 Å². The first-order chi connectivity index (χ1) is 19.2. The van der Waals surface area contributed by atoms with E-state index in [1.807, 2.05) is 0 Å². The number of hydrogen-bond donors (Lipinski definition) is 3. The van der Waals surface area contributed by atoms with Gasteiger partial charge in [-0.15, -0.1) is 0 Å². The number of amides is 3. The molecule has 4 rings (SSSR count). The number of rotatable bonds is 9. The maximum atomic E-state index is 12.3. The molecule has 0 bridgehead atoms. The summed E-state index contributed by atoms with van der Waals surface area (Å²) in [7, 11) is 2.68. The highest BCUT2D eigenvalue weighted by Crippen LogP contribution is 2.34. The van der Waals surface area contributed by atoms with Crippen LogP contribution in [-0.2, 0) is 14.3 Å². The second-order valence-corrected chi connectivity index (χ2v) is 9.20. The molecule has 3 N–H and O–H groups in total. The second kappa shape index (κ2) is 12.6. The van der Waals surface area contributed by atoms with Crippen LogP contribution in [0.5, 0.6) is 11.5 Å². The quantitative estimate of drug-likeness (QED) is 0.189. The van der Waals surface area contributed by atoms with Crippen LogP contribution in [0.25, 0.3) is 11.3 Å². The standard InChI is InChI=1S/C27H24Cl2N4O7/c1-14-24(26(35)38-3)25(32-27(36)31-14)16-5-8-21(22(11-16)37-2)39-13-23(34)33-30-12-17-6-9-20(40-17)15-4-7-18(28)19(29)10-15/h4-12,25H,13H2,1-3H3,(H,33,34)(H2,31,32,36)/b30-12-/t25-/m0/s1. The minimum absolute atomic E-state index is 0.246. The zero-order chi connectivity index (χ0) is 28.8. The molecule has 0 fully saturated rings. The Morgan fingerprint density at radius 2 is 1.88 bits per heavy atom. The molecule has 0 unspecified atom stereocenters. The first-order valence-corrected chi connectivity index (χ1v) is 12.5. The summed E-state index contributed by atoms with van der Waals surface area (Å²) in [5, 5.41) is 9.98. The lowest BCUT2D eigenvalue weighted by Gasteiger charge is -2.28. The summed E-state index contributed by atoms with van der Waals surface area (Å²) in [6, 6.07) is 12.1. The van der Waals surface area contributed by atoms with E-state index in [0.29, 0.717) is 32.8 Å². The molecule has 0 saturated heterocycles. The van der Waals surface area contributed by atoms with E-state index < -0.39 is 23.9 Å². The van der Waals surface area contributed by atoms with Gasteiger partial charge in [-0.2, -0.15) is 5.10 Å². The number of hydrogen-bond acceptors (Lipinski definition) is 8. The van der Waals surface area contributed by atoms with Crippen molar-refractivity contribution in [3.05, 3.63) is 81.2 Å². The molecule has 0 saturated carbocycles. The fraction of sp³-hybridized carbons (Fsp3) is 0.185. The Labute approximate surface area is 239 Å². The molecular formula is C27H24Cl2N4O7. The molecule has 11 nitrogen and oxygen atoms in total. The number of furan rings is 1. The van der Waals surface area contributed by atoms with Crippen molar-refractivity contribution in [2.75, 3.05) is 20.8 Å². The minimum Gasteiger partial charge on any atom is -0.493 e. The number of nitrogens with zero attached hydrogens (tertiary/aromatic N) is 1. The zero-order valence-corrected chi connectivity index (χ0v) is 23.1. The third-order valence-electron chi connectivity index (χ3n) is 5.77. The summed E-state index contributed by atoms with van der Waals surface area (Å²) in [6.45, 7) is 1.24. The molecule has 1 aliphatic rings. The highest BCUT2D eigenvalue weighted by Gasteiger charge is 2.32. The number of methoxy groups -OCH3 is 2. The van der Waals surface area contributed by atoms with Crippen molar-refractivity contribution in [2.24, 2.45) is 5.10 Å². The number of halogens is 2. The van der Waals surface area contributed by atoms with Crippen molar-refractivity contribution < 1.29 is 33.0 Å². The number of nitrogens with one attached hydrogen (secondary N) is 3. The third-order valence-corrected chi connectivity index (χ3v) is 6.51. The Bertz CT molecular complexity index is 1520. The Kier molecular flexibility index (Phi) is 8.97. The number of carbonyl (C=O) groups is 3. The first-order valence-electron chi connectivity index (χ1n) is 11.7. The Hall–Kier alpha value is -4.48. The molecule has 0 radical (unpaired) electrons. The fourth-order valence-electron chi connectivity index (χ4n) is 3.88. The fourth-order valence-corrected chi connectivity index (χ4v) is 4.18. The zero-order valence-electron chi connectivity index (χ0n) is 21.5. The second-order valence-electron chi connectivity index (χ2n) is 8.38. The highest BCUT2D eigenvalue weighted by molar-refractivity contribution is 6.42. The maximum absolute atomic E-state index is 12.3. The molecule has 0 aliphatic carbocycles. The van der Waals surface area contributed by atoms with E-state index in [0.717, 1.165) is 5.56 Å². The smallest absolute Gasteiger partial charge is 0.337 e. The van der Waals surface area contributed by atoms with Gasteiger partial charge < -0.3 is 29.3 Å². The molecule has 13 heteroatoms. The number of esters is 1. The summed E-state index contributed by atoms with van der Waals surface area (Å²) in [4.78, 5) is 36.7. The van der Waals surface area contributed by atoms with E-state index in [9.17, 15) is 14.4 Å². The van der Waals surface area contributed by atoms with Crippen LogP contribution in [0.1, 0.15) is 24.3 Å². The monoisotopic (exact) mass is 586 g/mol. The van der Waals surface area contributed by atoms with Crippen molar-refractivity contribution in [2.45, 2.75) is 13.0 Å². The normalized spacial score (nSPS) is 14.9. The average molecular weight is 587 g/mol. The van der Waals surface area contributed by atoms with Crippen molar-refractivity contribution in [3.8, 4) is 22.8 Å². The molecule has 1 atom stereocenters. The molecular weight excluding hydrogens is 563 g/mol. The van der Waals surface area contributed by atoms with E-state index >= 15 is 0 Å². The lowest BCUT2D eigenvalue weighted by atomic mass is 9.95. The third kappa shape index (κ3) is 6.56. The molecule has 2 heterocycles. The van der Waals surface area contributed by atoms with Gasteiger partial charge in [-0.25, -0.2) is 15.0 Å². The van der Waals surface area contributed by atoms with E-state index in [2.05, 4.69) is 21.2 Å². The predicted octanol–water partition coefficient (Wildman–Crippen LogP) is 4.59. The van der Waals surface area contributed by atoms with Crippen LogP contribution in [0.3, 0.4) is 0 Å². The Morgan fingerprint density at radius 3 is 2.60 bits per heavy atom. The van der Waals surface area contributed by atoms with Crippen LogP contribution >= 0.6 is 23.2 Å². The van der Waals surface area contributed by atoms with Gasteiger partial charge in [0.15, 0.2) is 18.1 Å². The molecule has 1 aliphatic heterocycles. The van der Waals surface area contributed by atoms with Crippen LogP contribution in [0, 0.1) is 0 Å². The summed E-state index contributed by atoms with van der Waals surface area (Å²) >= 11 is 12.0. The number of carbonyl (C=O) groups excluding carboxylic acids is 3. The van der Waals surface area contributed by atoms with Crippen molar-refractivity contribution >= 4 is 47.3 Å². The molecule has 2 aromatic carbocycles. The van der Waals surface area contributed by atoms with Gasteiger partial charge in [0, 0.05) is 11.3 Å². The maximum Gasteiger partial charge on any atom is 0.337 e. The molecule has 1 aromatic heterocycles. The lowest BCUT2D eigenvalue weighted by molar-refractivity contribution is -0.136. The average Bonchev–Trinajstić information content (AvgIpc) is 3.41. The van der Waals surface area contributed by atoms with Gasteiger partial charge >= 0.3 is 12.0 Å².